The summed E-state index contributed by atoms with van der Waals surface area (Å²) >= 11 is 5.69. The normalized spacial score (nSPS) is 10.1. The topological polar surface area (TPSA) is 55.1 Å². The van der Waals surface area contributed by atoms with Crippen LogP contribution < -0.4 is 11.1 Å². The van der Waals surface area contributed by atoms with E-state index in [-0.39, 0.29) is 10.7 Å². The number of nitrogens with two attached hydrogens (primary N) is 1. The van der Waals surface area contributed by atoms with Crippen molar-refractivity contribution in [2.24, 2.45) is 0 Å². The molecule has 0 atom stereocenters. The van der Waals surface area contributed by atoms with Gasteiger partial charge in [-0.15, -0.1) is 0 Å². The van der Waals surface area contributed by atoms with E-state index in [4.69, 9.17) is 17.3 Å². The van der Waals surface area contributed by atoms with Gasteiger partial charge < -0.3 is 11.1 Å². The molecule has 0 radical (unpaired) electrons. The molecular weight excluding hydrogens is 255 g/mol. The third-order valence-electron chi connectivity index (χ3n) is 2.33. The van der Waals surface area contributed by atoms with Gasteiger partial charge in [0.2, 0.25) is 0 Å². The minimum atomic E-state index is -0.515. The highest BCUT2D eigenvalue weighted by Gasteiger charge is 2.10. The molecule has 0 aliphatic rings. The fourth-order valence-corrected chi connectivity index (χ4v) is 1.75. The van der Waals surface area contributed by atoms with Crippen molar-refractivity contribution in [2.45, 2.75) is 0 Å². The zero-order chi connectivity index (χ0) is 13.1. The van der Waals surface area contributed by atoms with Gasteiger partial charge in [0.1, 0.15) is 5.82 Å². The summed E-state index contributed by atoms with van der Waals surface area (Å²) in [6.45, 7) is 0. The van der Waals surface area contributed by atoms with Gasteiger partial charge in [-0.1, -0.05) is 23.7 Å². The first-order chi connectivity index (χ1) is 8.56. The van der Waals surface area contributed by atoms with Crippen molar-refractivity contribution in [1.29, 1.82) is 0 Å². The third-order valence-corrected chi connectivity index (χ3v) is 2.54. The van der Waals surface area contributed by atoms with Crippen LogP contribution in [0.15, 0.2) is 42.5 Å². The monoisotopic (exact) mass is 264 g/mol. The second kappa shape index (κ2) is 5.06. The average Bonchev–Trinajstić information content (AvgIpc) is 2.27. The molecule has 0 aliphatic carbocycles. The first-order valence-electron chi connectivity index (χ1n) is 5.18. The maximum atomic E-state index is 13.1. The van der Waals surface area contributed by atoms with Crippen molar-refractivity contribution in [3.05, 3.63) is 58.9 Å². The maximum absolute atomic E-state index is 13.1. The second-order valence-corrected chi connectivity index (χ2v) is 4.14. The first-order valence-corrected chi connectivity index (χ1v) is 5.56. The highest BCUT2D eigenvalue weighted by Crippen LogP contribution is 2.19. The number of nitrogens with one attached hydrogen (secondary N) is 1. The van der Waals surface area contributed by atoms with Crippen LogP contribution in [-0.2, 0) is 0 Å². The van der Waals surface area contributed by atoms with Crippen LogP contribution in [0.25, 0.3) is 0 Å². The summed E-state index contributed by atoms with van der Waals surface area (Å²) in [4.78, 5) is 11.9. The highest BCUT2D eigenvalue weighted by molar-refractivity contribution is 6.31. The van der Waals surface area contributed by atoms with Crippen LogP contribution in [0.2, 0.25) is 5.02 Å². The van der Waals surface area contributed by atoms with E-state index in [1.807, 2.05) is 0 Å². The second-order valence-electron chi connectivity index (χ2n) is 3.70. The lowest BCUT2D eigenvalue weighted by atomic mass is 10.1. The van der Waals surface area contributed by atoms with Crippen molar-refractivity contribution < 1.29 is 9.18 Å². The molecule has 0 unspecified atom stereocenters. The van der Waals surface area contributed by atoms with Gasteiger partial charge in [0.15, 0.2) is 0 Å². The van der Waals surface area contributed by atoms with Crippen molar-refractivity contribution >= 4 is 28.9 Å². The van der Waals surface area contributed by atoms with Crippen LogP contribution in [0, 0.1) is 5.82 Å². The van der Waals surface area contributed by atoms with E-state index < -0.39 is 11.7 Å². The number of hydrogen-bond donors (Lipinski definition) is 2. The molecule has 0 spiro atoms. The Kier molecular flexibility index (Phi) is 3.48. The highest BCUT2D eigenvalue weighted by atomic mass is 35.5. The number of benzene rings is 2. The number of halogens is 2. The molecule has 2 aromatic rings. The Morgan fingerprint density at radius 3 is 2.61 bits per heavy atom. The molecule has 0 saturated heterocycles. The van der Waals surface area contributed by atoms with Crippen LogP contribution in [0.4, 0.5) is 15.8 Å². The fraction of sp³-hybridized carbons (Fsp3) is 0. The maximum Gasteiger partial charge on any atom is 0.257 e. The summed E-state index contributed by atoms with van der Waals surface area (Å²) in [5.74, 6) is -0.923. The quantitative estimate of drug-likeness (QED) is 0.818. The average molecular weight is 265 g/mol. The summed E-state index contributed by atoms with van der Waals surface area (Å²) in [5.41, 5.74) is 6.65. The van der Waals surface area contributed by atoms with Gasteiger partial charge in [-0.25, -0.2) is 4.39 Å². The van der Waals surface area contributed by atoms with Crippen molar-refractivity contribution in [3.8, 4) is 0 Å². The number of anilines is 2. The molecule has 1 amide bonds. The molecule has 3 nitrogen and oxygen atoms in total. The molecule has 2 rings (SSSR count). The Hall–Kier alpha value is -2.07. The molecule has 0 fully saturated rings. The van der Waals surface area contributed by atoms with E-state index in [0.717, 1.165) is 6.07 Å². The molecule has 0 aromatic heterocycles. The molecule has 0 heterocycles. The predicted molar refractivity (Wildman–Crippen MR) is 70.2 cm³/mol. The van der Waals surface area contributed by atoms with Gasteiger partial charge >= 0.3 is 0 Å². The Morgan fingerprint density at radius 2 is 1.94 bits per heavy atom. The predicted octanol–water partition coefficient (Wildman–Crippen LogP) is 3.31. The fourth-order valence-electron chi connectivity index (χ4n) is 1.53. The standard InChI is InChI=1S/C13H10ClFN2O/c14-8-5-9(15)7-10(6-8)17-13(18)11-3-1-2-4-12(11)16/h1-7H,16H2,(H,17,18). The zero-order valence-electron chi connectivity index (χ0n) is 9.28. The SMILES string of the molecule is Nc1ccccc1C(=O)Nc1cc(F)cc(Cl)c1. The van der Waals surface area contributed by atoms with E-state index in [9.17, 15) is 9.18 Å². The molecule has 0 aliphatic heterocycles. The number of nitrogen functional groups attached to an aromatic ring is 1. The van der Waals surface area contributed by atoms with Crippen molar-refractivity contribution in [3.63, 3.8) is 0 Å². The minimum absolute atomic E-state index is 0.214. The number of carbonyl (C=O) groups excluding carboxylic acids is 1. The lowest BCUT2D eigenvalue weighted by Crippen LogP contribution is -2.14. The number of amides is 1. The molecule has 3 N–H and O–H groups in total. The van der Waals surface area contributed by atoms with Gasteiger partial charge in [0, 0.05) is 16.4 Å². The first kappa shape index (κ1) is 12.4. The number of rotatable bonds is 2. The Bertz CT molecular complexity index is 581. The van der Waals surface area contributed by atoms with Gasteiger partial charge in [-0.2, -0.15) is 0 Å². The van der Waals surface area contributed by atoms with Crippen LogP contribution in [0.5, 0.6) is 0 Å². The number of para-hydroxylation sites is 1. The third kappa shape index (κ3) is 2.78. The summed E-state index contributed by atoms with van der Waals surface area (Å²) < 4.78 is 13.1. The Labute approximate surface area is 108 Å². The molecule has 18 heavy (non-hydrogen) atoms. The molecule has 0 saturated carbocycles. The Balaban J connectivity index is 2.24. The lowest BCUT2D eigenvalue weighted by molar-refractivity contribution is 0.102. The minimum Gasteiger partial charge on any atom is -0.398 e. The van der Waals surface area contributed by atoms with E-state index in [1.165, 1.54) is 12.1 Å². The van der Waals surface area contributed by atoms with Crippen molar-refractivity contribution in [2.75, 3.05) is 11.1 Å². The summed E-state index contributed by atoms with van der Waals surface area (Å²) in [6.07, 6.45) is 0. The molecule has 5 heteroatoms. The molecular formula is C13H10ClFN2O. The van der Waals surface area contributed by atoms with E-state index in [2.05, 4.69) is 5.32 Å². The zero-order valence-corrected chi connectivity index (χ0v) is 10.0. The number of carbonyl (C=O) groups is 1. The van der Waals surface area contributed by atoms with Gasteiger partial charge in [0.05, 0.1) is 5.56 Å². The van der Waals surface area contributed by atoms with Gasteiger partial charge in [-0.05, 0) is 30.3 Å². The smallest absolute Gasteiger partial charge is 0.257 e. The van der Waals surface area contributed by atoms with E-state index in [0.29, 0.717) is 11.3 Å². The summed E-state index contributed by atoms with van der Waals surface area (Å²) in [7, 11) is 0. The van der Waals surface area contributed by atoms with E-state index >= 15 is 0 Å². The Morgan fingerprint density at radius 1 is 1.22 bits per heavy atom. The van der Waals surface area contributed by atoms with Crippen LogP contribution in [0.1, 0.15) is 10.4 Å². The summed E-state index contributed by atoms with van der Waals surface area (Å²) in [5, 5.41) is 2.75. The molecule has 2 aromatic carbocycles. The number of hydrogen-bond acceptors (Lipinski definition) is 2. The molecule has 92 valence electrons. The van der Waals surface area contributed by atoms with Gasteiger partial charge in [0.25, 0.3) is 5.91 Å². The van der Waals surface area contributed by atoms with Crippen LogP contribution in [-0.4, -0.2) is 5.91 Å². The lowest BCUT2D eigenvalue weighted by Gasteiger charge is -2.07. The molecule has 0 bridgehead atoms. The van der Waals surface area contributed by atoms with E-state index in [1.54, 1.807) is 24.3 Å². The van der Waals surface area contributed by atoms with Crippen molar-refractivity contribution in [1.82, 2.24) is 0 Å². The van der Waals surface area contributed by atoms with Crippen LogP contribution in [0.3, 0.4) is 0 Å². The summed E-state index contributed by atoms with van der Waals surface area (Å²) in [6, 6.07) is 10.4. The largest absolute Gasteiger partial charge is 0.398 e. The van der Waals surface area contributed by atoms with Crippen LogP contribution >= 0.6 is 11.6 Å². The van der Waals surface area contributed by atoms with Gasteiger partial charge in [-0.3, -0.25) is 4.79 Å².